The Kier molecular flexibility index (Phi) is 6.51. The fourth-order valence-corrected chi connectivity index (χ4v) is 4.64. The average molecular weight is 419 g/mol. The molecule has 0 bridgehead atoms. The zero-order valence-corrected chi connectivity index (χ0v) is 20.6. The second kappa shape index (κ2) is 8.65. The second-order valence-electron chi connectivity index (χ2n) is 10.6. The van der Waals surface area contributed by atoms with Gasteiger partial charge in [0.25, 0.3) is 0 Å². The number of ether oxygens (including phenoxy) is 1. The molecule has 0 amide bonds. The number of hydrogen-bond donors (Lipinski definition) is 0. The molecule has 0 aliphatic heterocycles. The number of fused-ring (bicyclic) bond motifs is 1. The van der Waals surface area contributed by atoms with Gasteiger partial charge in [0.1, 0.15) is 0 Å². The van der Waals surface area contributed by atoms with Gasteiger partial charge in [-0.3, -0.25) is 0 Å². The first-order chi connectivity index (χ1) is 14.4. The summed E-state index contributed by atoms with van der Waals surface area (Å²) in [5, 5.41) is 0. The molecule has 2 heteroatoms. The van der Waals surface area contributed by atoms with Crippen LogP contribution in [-0.4, -0.2) is 12.1 Å². The maximum atomic E-state index is 12.1. The zero-order valence-electron chi connectivity index (χ0n) is 20.6. The Morgan fingerprint density at radius 3 is 2.06 bits per heavy atom. The maximum absolute atomic E-state index is 12.1. The van der Waals surface area contributed by atoms with Gasteiger partial charge in [-0.25, -0.2) is 4.79 Å². The molecular formula is C29H38O2. The lowest BCUT2D eigenvalue weighted by Crippen LogP contribution is -2.34. The summed E-state index contributed by atoms with van der Waals surface area (Å²) < 4.78 is 5.29. The minimum Gasteiger partial charge on any atom is -0.459 e. The first kappa shape index (κ1) is 23.3. The maximum Gasteiger partial charge on any atom is 0.338 e. The van der Waals surface area contributed by atoms with Crippen LogP contribution >= 0.6 is 0 Å². The van der Waals surface area contributed by atoms with Crippen molar-refractivity contribution in [2.24, 2.45) is 0 Å². The number of carbonyl (C=O) groups is 1. The van der Waals surface area contributed by atoms with Crippen molar-refractivity contribution < 1.29 is 9.53 Å². The van der Waals surface area contributed by atoms with Crippen molar-refractivity contribution >= 4 is 17.6 Å². The number of carbonyl (C=O) groups excluding carboxylic acids is 1. The van der Waals surface area contributed by atoms with E-state index in [1.54, 1.807) is 0 Å². The lowest BCUT2D eigenvalue weighted by Gasteiger charge is -2.42. The molecule has 2 aromatic rings. The monoisotopic (exact) mass is 418 g/mol. The van der Waals surface area contributed by atoms with Crippen LogP contribution in [0.4, 0.5) is 0 Å². The Morgan fingerprint density at radius 1 is 1.00 bits per heavy atom. The summed E-state index contributed by atoms with van der Waals surface area (Å²) in [6.07, 6.45) is 5.58. The highest BCUT2D eigenvalue weighted by molar-refractivity contribution is 5.90. The topological polar surface area (TPSA) is 26.3 Å². The van der Waals surface area contributed by atoms with Gasteiger partial charge in [-0.05, 0) is 96.4 Å². The molecule has 0 radical (unpaired) electrons. The Labute approximate surface area is 188 Å². The summed E-state index contributed by atoms with van der Waals surface area (Å²) in [6.45, 7) is 17.7. The van der Waals surface area contributed by atoms with Crippen molar-refractivity contribution in [1.82, 2.24) is 0 Å². The zero-order chi connectivity index (χ0) is 23.0. The molecule has 0 aromatic heterocycles. The third-order valence-corrected chi connectivity index (χ3v) is 6.75. The molecule has 0 fully saturated rings. The van der Waals surface area contributed by atoms with Gasteiger partial charge in [0.2, 0.25) is 0 Å². The van der Waals surface area contributed by atoms with Crippen LogP contribution in [0.5, 0.6) is 0 Å². The van der Waals surface area contributed by atoms with E-state index in [4.69, 9.17) is 4.74 Å². The van der Waals surface area contributed by atoms with Crippen LogP contribution < -0.4 is 0 Å². The first-order valence-corrected chi connectivity index (χ1v) is 11.6. The van der Waals surface area contributed by atoms with Crippen LogP contribution in [0.25, 0.3) is 11.6 Å². The van der Waals surface area contributed by atoms with Crippen molar-refractivity contribution in [3.05, 3.63) is 69.8 Å². The average Bonchev–Trinajstić information content (AvgIpc) is 2.70. The van der Waals surface area contributed by atoms with Crippen LogP contribution in [0.1, 0.15) is 106 Å². The number of rotatable bonds is 5. The van der Waals surface area contributed by atoms with Crippen LogP contribution in [-0.2, 0) is 22.0 Å². The minimum atomic E-state index is -0.268. The second-order valence-corrected chi connectivity index (χ2v) is 10.6. The van der Waals surface area contributed by atoms with E-state index in [9.17, 15) is 4.79 Å². The molecule has 0 N–H and O–H groups in total. The summed E-state index contributed by atoms with van der Waals surface area (Å²) in [7, 11) is 0. The number of benzene rings is 2. The smallest absolute Gasteiger partial charge is 0.338 e. The Morgan fingerprint density at radius 2 is 1.55 bits per heavy atom. The molecule has 0 heterocycles. The van der Waals surface area contributed by atoms with Gasteiger partial charge in [-0.1, -0.05) is 65.0 Å². The summed E-state index contributed by atoms with van der Waals surface area (Å²) in [4.78, 5) is 12.1. The third kappa shape index (κ3) is 4.95. The lowest BCUT2D eigenvalue weighted by atomic mass is 9.62. The number of allylic oxidation sites excluding steroid dienone is 1. The summed E-state index contributed by atoms with van der Waals surface area (Å²) in [5.74, 6) is -0.268. The normalized spacial score (nSPS) is 17.4. The molecular weight excluding hydrogens is 380 g/mol. The molecule has 1 aliphatic carbocycles. The van der Waals surface area contributed by atoms with Gasteiger partial charge in [-0.2, -0.15) is 0 Å². The molecule has 3 rings (SSSR count). The van der Waals surface area contributed by atoms with E-state index in [-0.39, 0.29) is 22.9 Å². The number of hydrogen-bond acceptors (Lipinski definition) is 2. The van der Waals surface area contributed by atoms with Gasteiger partial charge in [-0.15, -0.1) is 0 Å². The van der Waals surface area contributed by atoms with Gasteiger partial charge in [0.05, 0.1) is 11.7 Å². The minimum absolute atomic E-state index is 0.111. The predicted octanol–water partition coefficient (Wildman–Crippen LogP) is 7.72. The van der Waals surface area contributed by atoms with E-state index >= 15 is 0 Å². The summed E-state index contributed by atoms with van der Waals surface area (Å²) >= 11 is 0. The standard InChI is InChI=1S/C29H38O2/c1-9-22-17-25-26(29(7,8)15-14-28(25,5)6)18-24(22)20(4)16-21-10-12-23(13-11-21)27(30)31-19(2)3/h10-13,16-19H,9,14-15H2,1-8H3/b20-16+. The molecule has 0 spiro atoms. The van der Waals surface area contributed by atoms with E-state index in [0.717, 1.165) is 12.0 Å². The fourth-order valence-electron chi connectivity index (χ4n) is 4.64. The van der Waals surface area contributed by atoms with Crippen molar-refractivity contribution in [3.63, 3.8) is 0 Å². The van der Waals surface area contributed by atoms with E-state index in [1.807, 2.05) is 38.1 Å². The van der Waals surface area contributed by atoms with Crippen molar-refractivity contribution in [1.29, 1.82) is 0 Å². The molecule has 0 atom stereocenters. The summed E-state index contributed by atoms with van der Waals surface area (Å²) in [5.41, 5.74) is 9.15. The third-order valence-electron chi connectivity index (χ3n) is 6.75. The Hall–Kier alpha value is -2.35. The van der Waals surface area contributed by atoms with Crippen LogP contribution in [0.2, 0.25) is 0 Å². The molecule has 166 valence electrons. The van der Waals surface area contributed by atoms with Gasteiger partial charge in [0, 0.05) is 0 Å². The van der Waals surface area contributed by atoms with E-state index < -0.39 is 0 Å². The van der Waals surface area contributed by atoms with Gasteiger partial charge >= 0.3 is 5.97 Å². The van der Waals surface area contributed by atoms with Crippen molar-refractivity contribution in [2.75, 3.05) is 0 Å². The Balaban J connectivity index is 1.99. The fraction of sp³-hybridized carbons (Fsp3) is 0.483. The highest BCUT2D eigenvalue weighted by Crippen LogP contribution is 2.47. The number of esters is 1. The molecule has 0 saturated carbocycles. The largest absolute Gasteiger partial charge is 0.459 e. The van der Waals surface area contributed by atoms with E-state index in [2.05, 4.69) is 59.8 Å². The predicted molar refractivity (Wildman–Crippen MR) is 132 cm³/mol. The van der Waals surface area contributed by atoms with E-state index in [0.29, 0.717) is 5.56 Å². The molecule has 1 aliphatic rings. The SMILES string of the molecule is CCc1cc2c(cc1/C(C)=C/c1ccc(C(=O)OC(C)C)cc1)C(C)(C)CCC2(C)C. The molecule has 31 heavy (non-hydrogen) atoms. The van der Waals surface area contributed by atoms with Crippen LogP contribution in [0, 0.1) is 0 Å². The van der Waals surface area contributed by atoms with Crippen LogP contribution in [0.15, 0.2) is 36.4 Å². The van der Waals surface area contributed by atoms with Gasteiger partial charge < -0.3 is 4.74 Å². The van der Waals surface area contributed by atoms with Crippen molar-refractivity contribution in [3.8, 4) is 0 Å². The van der Waals surface area contributed by atoms with Crippen molar-refractivity contribution in [2.45, 2.75) is 91.6 Å². The quantitative estimate of drug-likeness (QED) is 0.367. The lowest BCUT2D eigenvalue weighted by molar-refractivity contribution is 0.0378. The van der Waals surface area contributed by atoms with Crippen LogP contribution in [0.3, 0.4) is 0 Å². The van der Waals surface area contributed by atoms with E-state index in [1.165, 1.54) is 40.7 Å². The Bertz CT molecular complexity index is 988. The highest BCUT2D eigenvalue weighted by Gasteiger charge is 2.37. The molecule has 0 unspecified atom stereocenters. The summed E-state index contributed by atoms with van der Waals surface area (Å²) in [6, 6.07) is 12.6. The van der Waals surface area contributed by atoms with Gasteiger partial charge in [0.15, 0.2) is 0 Å². The molecule has 2 aromatic carbocycles. The molecule has 0 saturated heterocycles. The highest BCUT2D eigenvalue weighted by atomic mass is 16.5. The first-order valence-electron chi connectivity index (χ1n) is 11.6. The molecule has 2 nitrogen and oxygen atoms in total. The number of aryl methyl sites for hydroxylation is 1.